The summed E-state index contributed by atoms with van der Waals surface area (Å²) < 4.78 is 19.2. The lowest BCUT2D eigenvalue weighted by Gasteiger charge is -2.08. The van der Waals surface area contributed by atoms with E-state index in [-0.39, 0.29) is 11.6 Å². The van der Waals surface area contributed by atoms with Crippen LogP contribution in [0.15, 0.2) is 48.5 Å². The zero-order chi connectivity index (χ0) is 11.4. The molecule has 2 aromatic rings. The average Bonchev–Trinajstić information content (AvgIpc) is 2.33. The molecule has 0 fully saturated rings. The standard InChI is InChI=1S/C13H10ClFO/c14-9-10-5-4-8-12(13(10)15)16-11-6-2-1-3-7-11/h1-8H,9H2. The third-order valence-electron chi connectivity index (χ3n) is 2.16. The molecule has 0 aromatic heterocycles. The first-order chi connectivity index (χ1) is 7.81. The molecule has 0 amide bonds. The maximum absolute atomic E-state index is 13.7. The van der Waals surface area contributed by atoms with E-state index in [1.807, 2.05) is 18.2 Å². The van der Waals surface area contributed by atoms with Crippen LogP contribution < -0.4 is 4.74 Å². The van der Waals surface area contributed by atoms with Crippen molar-refractivity contribution in [2.45, 2.75) is 5.88 Å². The normalized spacial score (nSPS) is 10.1. The van der Waals surface area contributed by atoms with Crippen LogP contribution in [0.4, 0.5) is 4.39 Å². The summed E-state index contributed by atoms with van der Waals surface area (Å²) in [6, 6.07) is 14.0. The molecule has 0 atom stereocenters. The highest BCUT2D eigenvalue weighted by Crippen LogP contribution is 2.26. The molecule has 1 nitrogen and oxygen atoms in total. The summed E-state index contributed by atoms with van der Waals surface area (Å²) in [7, 11) is 0. The molecule has 2 rings (SSSR count). The maximum Gasteiger partial charge on any atom is 0.170 e. The van der Waals surface area contributed by atoms with E-state index in [0.29, 0.717) is 11.3 Å². The van der Waals surface area contributed by atoms with Gasteiger partial charge in [0.2, 0.25) is 0 Å². The third kappa shape index (κ3) is 2.34. The summed E-state index contributed by atoms with van der Waals surface area (Å²) in [5.74, 6) is 0.538. The summed E-state index contributed by atoms with van der Waals surface area (Å²) in [6.07, 6.45) is 0. The van der Waals surface area contributed by atoms with Crippen LogP contribution >= 0.6 is 11.6 Å². The molecular weight excluding hydrogens is 227 g/mol. The molecule has 3 heteroatoms. The van der Waals surface area contributed by atoms with Gasteiger partial charge in [0.05, 0.1) is 5.88 Å². The summed E-state index contributed by atoms with van der Waals surface area (Å²) in [5, 5.41) is 0. The Morgan fingerprint density at radius 2 is 1.75 bits per heavy atom. The molecule has 16 heavy (non-hydrogen) atoms. The molecule has 0 spiro atoms. The second kappa shape index (κ2) is 4.99. The van der Waals surface area contributed by atoms with Crippen LogP contribution in [0.2, 0.25) is 0 Å². The number of hydrogen-bond donors (Lipinski definition) is 0. The molecule has 0 bridgehead atoms. The van der Waals surface area contributed by atoms with Gasteiger partial charge in [0.1, 0.15) is 5.75 Å². The quantitative estimate of drug-likeness (QED) is 0.720. The fourth-order valence-corrected chi connectivity index (χ4v) is 1.56. The lowest BCUT2D eigenvalue weighted by atomic mass is 10.2. The van der Waals surface area contributed by atoms with Gasteiger partial charge in [-0.2, -0.15) is 0 Å². The molecule has 0 aliphatic heterocycles. The third-order valence-corrected chi connectivity index (χ3v) is 2.45. The van der Waals surface area contributed by atoms with Crippen molar-refractivity contribution in [3.63, 3.8) is 0 Å². The Hall–Kier alpha value is -1.54. The Bertz CT molecular complexity index is 471. The van der Waals surface area contributed by atoms with E-state index in [2.05, 4.69) is 0 Å². The van der Waals surface area contributed by atoms with E-state index >= 15 is 0 Å². The van der Waals surface area contributed by atoms with Crippen LogP contribution in [-0.2, 0) is 5.88 Å². The fourth-order valence-electron chi connectivity index (χ4n) is 1.35. The Balaban J connectivity index is 2.28. The van der Waals surface area contributed by atoms with Crippen LogP contribution in [0.3, 0.4) is 0 Å². The lowest BCUT2D eigenvalue weighted by molar-refractivity contribution is 0.439. The van der Waals surface area contributed by atoms with E-state index in [1.54, 1.807) is 30.3 Å². The molecule has 0 saturated carbocycles. The fraction of sp³-hybridized carbons (Fsp3) is 0.0769. The predicted octanol–water partition coefficient (Wildman–Crippen LogP) is 4.36. The number of halogens is 2. The van der Waals surface area contributed by atoms with E-state index < -0.39 is 5.82 Å². The van der Waals surface area contributed by atoms with Crippen molar-refractivity contribution >= 4 is 11.6 Å². The number of hydrogen-bond acceptors (Lipinski definition) is 1. The van der Waals surface area contributed by atoms with Gasteiger partial charge in [-0.15, -0.1) is 11.6 Å². The van der Waals surface area contributed by atoms with Crippen LogP contribution in [0.1, 0.15) is 5.56 Å². The molecule has 0 aliphatic carbocycles. The molecule has 0 unspecified atom stereocenters. The van der Waals surface area contributed by atoms with Crippen LogP contribution in [0.5, 0.6) is 11.5 Å². The van der Waals surface area contributed by atoms with Crippen LogP contribution in [-0.4, -0.2) is 0 Å². The van der Waals surface area contributed by atoms with Crippen molar-refractivity contribution in [2.24, 2.45) is 0 Å². The van der Waals surface area contributed by atoms with Crippen molar-refractivity contribution in [3.05, 3.63) is 59.9 Å². The summed E-state index contributed by atoms with van der Waals surface area (Å²) in [6.45, 7) is 0. The molecule has 82 valence electrons. The van der Waals surface area contributed by atoms with Crippen molar-refractivity contribution in [1.29, 1.82) is 0 Å². The van der Waals surface area contributed by atoms with Gasteiger partial charge in [-0.05, 0) is 18.2 Å². The van der Waals surface area contributed by atoms with Gasteiger partial charge in [0.15, 0.2) is 11.6 Å². The van der Waals surface area contributed by atoms with Crippen molar-refractivity contribution in [1.82, 2.24) is 0 Å². The zero-order valence-electron chi connectivity index (χ0n) is 8.49. The average molecular weight is 237 g/mol. The van der Waals surface area contributed by atoms with Gasteiger partial charge in [-0.1, -0.05) is 30.3 Å². The van der Waals surface area contributed by atoms with Gasteiger partial charge in [0.25, 0.3) is 0 Å². The number of benzene rings is 2. The molecule has 0 saturated heterocycles. The van der Waals surface area contributed by atoms with Gasteiger partial charge in [-0.25, -0.2) is 4.39 Å². The van der Waals surface area contributed by atoms with Crippen molar-refractivity contribution in [3.8, 4) is 11.5 Å². The smallest absolute Gasteiger partial charge is 0.170 e. The molecule has 0 aliphatic rings. The SMILES string of the molecule is Fc1c(CCl)cccc1Oc1ccccc1. The van der Waals surface area contributed by atoms with E-state index in [4.69, 9.17) is 16.3 Å². The molecule has 0 N–H and O–H groups in total. The number of para-hydroxylation sites is 1. The molecular formula is C13H10ClFO. The summed E-state index contributed by atoms with van der Waals surface area (Å²) >= 11 is 5.61. The minimum absolute atomic E-state index is 0.137. The highest BCUT2D eigenvalue weighted by atomic mass is 35.5. The highest BCUT2D eigenvalue weighted by Gasteiger charge is 2.08. The molecule has 2 aromatic carbocycles. The van der Waals surface area contributed by atoms with Crippen molar-refractivity contribution in [2.75, 3.05) is 0 Å². The Morgan fingerprint density at radius 1 is 1.00 bits per heavy atom. The summed E-state index contributed by atoms with van der Waals surface area (Å²) in [4.78, 5) is 0. The minimum atomic E-state index is -0.402. The lowest BCUT2D eigenvalue weighted by Crippen LogP contribution is -1.92. The minimum Gasteiger partial charge on any atom is -0.454 e. The predicted molar refractivity (Wildman–Crippen MR) is 62.5 cm³/mol. The van der Waals surface area contributed by atoms with Gasteiger partial charge < -0.3 is 4.74 Å². The Labute approximate surface area is 98.4 Å². The number of alkyl halides is 1. The Morgan fingerprint density at radius 3 is 2.44 bits per heavy atom. The van der Waals surface area contributed by atoms with Crippen molar-refractivity contribution < 1.29 is 9.13 Å². The summed E-state index contributed by atoms with van der Waals surface area (Å²) in [5.41, 5.74) is 0.440. The number of rotatable bonds is 3. The maximum atomic E-state index is 13.7. The molecule has 0 radical (unpaired) electrons. The van der Waals surface area contributed by atoms with E-state index in [9.17, 15) is 4.39 Å². The topological polar surface area (TPSA) is 9.23 Å². The Kier molecular flexibility index (Phi) is 3.42. The second-order valence-electron chi connectivity index (χ2n) is 3.28. The van der Waals surface area contributed by atoms with Gasteiger partial charge in [0, 0.05) is 5.56 Å². The highest BCUT2D eigenvalue weighted by molar-refractivity contribution is 6.17. The molecule has 0 heterocycles. The zero-order valence-corrected chi connectivity index (χ0v) is 9.25. The first-order valence-electron chi connectivity index (χ1n) is 4.87. The number of ether oxygens (including phenoxy) is 1. The monoisotopic (exact) mass is 236 g/mol. The first kappa shape index (κ1) is 11.0. The van der Waals surface area contributed by atoms with Crippen LogP contribution in [0, 0.1) is 5.82 Å². The van der Waals surface area contributed by atoms with Gasteiger partial charge in [-0.3, -0.25) is 0 Å². The van der Waals surface area contributed by atoms with E-state index in [0.717, 1.165) is 0 Å². The second-order valence-corrected chi connectivity index (χ2v) is 3.55. The van der Waals surface area contributed by atoms with Crippen LogP contribution in [0.25, 0.3) is 0 Å². The van der Waals surface area contributed by atoms with Gasteiger partial charge >= 0.3 is 0 Å². The van der Waals surface area contributed by atoms with E-state index in [1.165, 1.54) is 0 Å². The first-order valence-corrected chi connectivity index (χ1v) is 5.41. The largest absolute Gasteiger partial charge is 0.454 e.